The van der Waals surface area contributed by atoms with Crippen molar-refractivity contribution in [2.24, 2.45) is 0 Å². The first kappa shape index (κ1) is 6.96. The summed E-state index contributed by atoms with van der Waals surface area (Å²) in [6.45, 7) is 0. The third-order valence-electron chi connectivity index (χ3n) is 0.517. The predicted molar refractivity (Wildman–Crippen MR) is 37.9 cm³/mol. The van der Waals surface area contributed by atoms with Gasteiger partial charge in [-0.3, -0.25) is 0 Å². The fraction of sp³-hybridized carbons (Fsp3) is 1.00. The van der Waals surface area contributed by atoms with E-state index < -0.39 is 0 Å². The van der Waals surface area contributed by atoms with Crippen molar-refractivity contribution in [1.29, 1.82) is 0 Å². The molecule has 0 aliphatic rings. The van der Waals surface area contributed by atoms with Gasteiger partial charge in [0.05, 0.1) is 0 Å². The lowest BCUT2D eigenvalue weighted by Gasteiger charge is -1.83. The smallest absolute Gasteiger partial charge is 0.00315 e. The SMILES string of the molecule is BrCCCCBr.[2H]. The molecule has 0 nitrogen and oxygen atoms in total. The second-order valence-electron chi connectivity index (χ2n) is 1.09. The maximum absolute atomic E-state index is 3.33. The van der Waals surface area contributed by atoms with Crippen molar-refractivity contribution in [2.45, 2.75) is 12.8 Å². The lowest BCUT2D eigenvalue weighted by atomic mass is 10.4. The lowest BCUT2D eigenvalue weighted by Crippen LogP contribution is -1.73. The minimum atomic E-state index is 0. The van der Waals surface area contributed by atoms with Gasteiger partial charge in [-0.2, -0.15) is 0 Å². The lowest BCUT2D eigenvalue weighted by molar-refractivity contribution is 0.919. The summed E-state index contributed by atoms with van der Waals surface area (Å²) in [5.74, 6) is 0. The van der Waals surface area contributed by atoms with Gasteiger partial charge in [0, 0.05) is 12.1 Å². The van der Waals surface area contributed by atoms with Crippen molar-refractivity contribution in [2.75, 3.05) is 10.7 Å². The van der Waals surface area contributed by atoms with E-state index in [1.54, 1.807) is 0 Å². The number of hydrogen-bond donors (Lipinski definition) is 0. The highest BCUT2D eigenvalue weighted by Gasteiger charge is 1.77. The molecule has 39 valence electrons. The maximum Gasteiger partial charge on any atom is 0.00315 e. The van der Waals surface area contributed by atoms with Crippen LogP contribution in [0.4, 0.5) is 0 Å². The van der Waals surface area contributed by atoms with Crippen molar-refractivity contribution in [3.05, 3.63) is 0 Å². The average molecular weight is 218 g/mol. The van der Waals surface area contributed by atoms with Crippen LogP contribution >= 0.6 is 31.9 Å². The number of alkyl halides is 2. The molecule has 0 aromatic heterocycles. The monoisotopic (exact) mass is 216 g/mol. The van der Waals surface area contributed by atoms with Crippen LogP contribution in [0.2, 0.25) is 0 Å². The first-order chi connectivity index (χ1) is 2.91. The van der Waals surface area contributed by atoms with E-state index in [1.165, 1.54) is 12.8 Å². The van der Waals surface area contributed by atoms with Gasteiger partial charge >= 0.3 is 0 Å². The molecule has 0 saturated carbocycles. The van der Waals surface area contributed by atoms with Gasteiger partial charge in [0.15, 0.2) is 0 Å². The zero-order valence-corrected chi connectivity index (χ0v) is 6.76. The fourth-order valence-corrected chi connectivity index (χ4v) is 0.982. The highest BCUT2D eigenvalue weighted by Crippen LogP contribution is 1.95. The zero-order valence-electron chi connectivity index (χ0n) is 4.58. The largest absolute Gasteiger partial charge is 0.0928 e. The molecular weight excluding hydrogens is 208 g/mol. The molecule has 2 heteroatoms. The van der Waals surface area contributed by atoms with Crippen LogP contribution in [0.15, 0.2) is 0 Å². The van der Waals surface area contributed by atoms with Gasteiger partial charge in [0.2, 0.25) is 0 Å². The van der Waals surface area contributed by atoms with Crippen LogP contribution in [0.25, 0.3) is 0 Å². The van der Waals surface area contributed by atoms with E-state index in [1.807, 2.05) is 0 Å². The third kappa shape index (κ3) is 4.96. The topological polar surface area (TPSA) is 0 Å². The molecule has 0 amide bonds. The molecule has 0 spiro atoms. The van der Waals surface area contributed by atoms with E-state index in [0.29, 0.717) is 0 Å². The Morgan fingerprint density at radius 1 is 1.00 bits per heavy atom. The van der Waals surface area contributed by atoms with Crippen LogP contribution in [-0.2, 0) is 0 Å². The Morgan fingerprint density at radius 2 is 1.33 bits per heavy atom. The predicted octanol–water partition coefficient (Wildman–Crippen LogP) is 2.67. The summed E-state index contributed by atoms with van der Waals surface area (Å²) < 4.78 is 0. The molecule has 1 radical (unpaired) electrons. The zero-order chi connectivity index (χ0) is 4.83. The molecule has 0 bridgehead atoms. The third-order valence-corrected chi connectivity index (χ3v) is 1.64. The standard InChI is InChI=1S/C4H8Br2.H/c5-3-1-2-4-6;/h1-4H2;/i;1+1. The summed E-state index contributed by atoms with van der Waals surface area (Å²) in [5.41, 5.74) is 0. The van der Waals surface area contributed by atoms with Crippen molar-refractivity contribution in [3.63, 3.8) is 0 Å². The molecule has 0 unspecified atom stereocenters. The van der Waals surface area contributed by atoms with Crippen molar-refractivity contribution >= 4 is 31.9 Å². The Balaban J connectivity index is 0. The summed E-state index contributed by atoms with van der Waals surface area (Å²) in [5, 5.41) is 2.28. The number of halogens is 2. The Hall–Kier alpha value is 0.960. The van der Waals surface area contributed by atoms with Gasteiger partial charge < -0.3 is 0 Å². The van der Waals surface area contributed by atoms with E-state index in [0.717, 1.165) is 10.7 Å². The molecule has 0 aromatic carbocycles. The second-order valence-corrected chi connectivity index (χ2v) is 2.67. The quantitative estimate of drug-likeness (QED) is 0.504. The highest BCUT2D eigenvalue weighted by molar-refractivity contribution is 9.09. The van der Waals surface area contributed by atoms with Crippen LogP contribution in [0.1, 0.15) is 14.3 Å². The van der Waals surface area contributed by atoms with Gasteiger partial charge in [0.25, 0.3) is 0 Å². The summed E-state index contributed by atoms with van der Waals surface area (Å²) in [4.78, 5) is 0. The summed E-state index contributed by atoms with van der Waals surface area (Å²) >= 11 is 6.66. The van der Waals surface area contributed by atoms with Gasteiger partial charge in [-0.1, -0.05) is 31.9 Å². The van der Waals surface area contributed by atoms with Crippen molar-refractivity contribution < 1.29 is 1.43 Å². The first-order valence-corrected chi connectivity index (χ1v) is 4.28. The van der Waals surface area contributed by atoms with Gasteiger partial charge in [-0.05, 0) is 12.8 Å². The van der Waals surface area contributed by atoms with Crippen LogP contribution in [0.5, 0.6) is 0 Å². The van der Waals surface area contributed by atoms with Gasteiger partial charge in [-0.15, -0.1) is 0 Å². The molecule has 0 atom stereocenters. The Kier molecular flexibility index (Phi) is 6.91. The summed E-state index contributed by atoms with van der Waals surface area (Å²) in [6, 6.07) is 0. The molecule has 0 saturated heterocycles. The van der Waals surface area contributed by atoms with E-state index >= 15 is 0 Å². The van der Waals surface area contributed by atoms with Crippen LogP contribution < -0.4 is 0 Å². The van der Waals surface area contributed by atoms with Crippen LogP contribution in [0.3, 0.4) is 0 Å². The molecule has 0 heterocycles. The minimum Gasteiger partial charge on any atom is -0.0928 e. The molecule has 0 rings (SSSR count). The number of rotatable bonds is 3. The maximum atomic E-state index is 3.33. The molecule has 0 fully saturated rings. The molecule has 0 aliphatic heterocycles. The van der Waals surface area contributed by atoms with Crippen LogP contribution in [0, 0.1) is 0 Å². The van der Waals surface area contributed by atoms with E-state index in [-0.39, 0.29) is 1.43 Å². The molecule has 0 N–H and O–H groups in total. The normalized spacial score (nSPS) is 9.00. The van der Waals surface area contributed by atoms with Crippen molar-refractivity contribution in [3.8, 4) is 0 Å². The Labute approximate surface area is 57.1 Å². The highest BCUT2D eigenvalue weighted by atomic mass is 79.9. The number of unbranched alkanes of at least 4 members (excludes halogenated alkanes) is 1. The fourth-order valence-electron chi connectivity index (χ4n) is 0.189. The summed E-state index contributed by atoms with van der Waals surface area (Å²) in [7, 11) is 0. The molecule has 6 heavy (non-hydrogen) atoms. The van der Waals surface area contributed by atoms with E-state index in [4.69, 9.17) is 0 Å². The molecule has 0 aromatic rings. The van der Waals surface area contributed by atoms with Crippen molar-refractivity contribution in [1.82, 2.24) is 0 Å². The second kappa shape index (κ2) is 5.96. The van der Waals surface area contributed by atoms with Gasteiger partial charge in [0.1, 0.15) is 0 Å². The van der Waals surface area contributed by atoms with E-state index in [2.05, 4.69) is 31.9 Å². The van der Waals surface area contributed by atoms with Crippen LogP contribution in [-0.4, -0.2) is 10.7 Å². The minimum absolute atomic E-state index is 0. The summed E-state index contributed by atoms with van der Waals surface area (Å²) in [6.07, 6.45) is 2.57. The first-order valence-electron chi connectivity index (χ1n) is 2.03. The van der Waals surface area contributed by atoms with Gasteiger partial charge in [-0.25, -0.2) is 0 Å². The molecular formula is C4H9Br2. The molecule has 0 aliphatic carbocycles. The Bertz CT molecular complexity index is 21.7. The average Bonchev–Trinajstić information content (AvgIpc) is 1.61. The van der Waals surface area contributed by atoms with E-state index in [9.17, 15) is 0 Å². The number of hydrogen-bond acceptors (Lipinski definition) is 0. The Morgan fingerprint density at radius 3 is 1.50 bits per heavy atom.